The van der Waals surface area contributed by atoms with Gasteiger partial charge >= 0.3 is 28.4 Å². The Morgan fingerprint density at radius 1 is 0.603 bits per heavy atom. The van der Waals surface area contributed by atoms with Crippen LogP contribution in [0.1, 0.15) is 95.2 Å². The molecule has 0 heterocycles. The molecule has 58 heavy (non-hydrogen) atoms. The van der Waals surface area contributed by atoms with Crippen molar-refractivity contribution in [1.82, 2.24) is 0 Å². The van der Waals surface area contributed by atoms with Gasteiger partial charge in [0.25, 0.3) is 0 Å². The van der Waals surface area contributed by atoms with Gasteiger partial charge in [-0.2, -0.15) is 54.3 Å². The minimum absolute atomic E-state index is 0. The molecule has 0 amide bonds. The average Bonchev–Trinajstić information content (AvgIpc) is 3.91. The number of benzene rings is 6. The predicted molar refractivity (Wildman–Crippen MR) is 256 cm³/mol. The third-order valence-electron chi connectivity index (χ3n) is 9.60. The molecule has 6 aromatic rings. The van der Waals surface area contributed by atoms with Crippen LogP contribution in [0.25, 0.3) is 33.4 Å². The summed E-state index contributed by atoms with van der Waals surface area (Å²) in [4.78, 5) is 0. The number of rotatable bonds is 3. The second kappa shape index (κ2) is 24.1. The van der Waals surface area contributed by atoms with Crippen molar-refractivity contribution in [3.63, 3.8) is 0 Å². The fraction of sp³-hybridized carbons (Fsp3) is 0.218. The zero-order valence-electron chi connectivity index (χ0n) is 35.7. The molecule has 0 aromatic heterocycles. The van der Waals surface area contributed by atoms with E-state index in [9.17, 15) is 0 Å². The number of hydrogen-bond acceptors (Lipinski definition) is 0. The molecule has 8 rings (SSSR count). The van der Waals surface area contributed by atoms with Crippen LogP contribution >= 0.6 is 24.8 Å². The summed E-state index contributed by atoms with van der Waals surface area (Å²) >= 11 is 1.30. The second-order valence-corrected chi connectivity index (χ2v) is 16.3. The minimum atomic E-state index is 0. The van der Waals surface area contributed by atoms with Gasteiger partial charge in [-0.1, -0.05) is 157 Å². The number of fused-ring (bicyclic) bond motifs is 3. The maximum atomic E-state index is 3.88. The molecule has 0 aliphatic heterocycles. The molecule has 0 unspecified atom stereocenters. The Labute approximate surface area is 379 Å². The van der Waals surface area contributed by atoms with E-state index >= 15 is 0 Å². The molecular weight excluding hydrogens is 823 g/mol. The van der Waals surface area contributed by atoms with Crippen molar-refractivity contribution in [2.75, 3.05) is 0 Å². The van der Waals surface area contributed by atoms with Crippen LogP contribution in [0, 0.1) is 25.0 Å². The summed E-state index contributed by atoms with van der Waals surface area (Å²) in [7, 11) is 0. The van der Waals surface area contributed by atoms with Crippen LogP contribution in [-0.4, -0.2) is 4.21 Å². The van der Waals surface area contributed by atoms with Crippen LogP contribution < -0.4 is 0 Å². The van der Waals surface area contributed by atoms with Crippen LogP contribution in [-0.2, 0) is 41.5 Å². The molecule has 6 aromatic carbocycles. The number of allylic oxidation sites excluding steroid dienone is 4. The van der Waals surface area contributed by atoms with Crippen molar-refractivity contribution in [3.05, 3.63) is 216 Å². The molecule has 0 nitrogen and oxygen atoms in total. The van der Waals surface area contributed by atoms with Crippen molar-refractivity contribution in [2.24, 2.45) is 0 Å². The predicted octanol–water partition coefficient (Wildman–Crippen LogP) is 15.6. The Kier molecular flexibility index (Phi) is 20.8. The van der Waals surface area contributed by atoms with Crippen molar-refractivity contribution in [3.8, 4) is 33.4 Å². The molecule has 0 N–H and O–H groups in total. The van der Waals surface area contributed by atoms with E-state index in [1.807, 2.05) is 48.6 Å². The second-order valence-electron chi connectivity index (χ2n) is 16.3. The van der Waals surface area contributed by atoms with E-state index in [0.29, 0.717) is 0 Å². The quantitative estimate of drug-likeness (QED) is 0.155. The summed E-state index contributed by atoms with van der Waals surface area (Å²) in [6.45, 7) is 21.9. The van der Waals surface area contributed by atoms with E-state index in [2.05, 4.69) is 188 Å². The Hall–Kier alpha value is -4.13. The summed E-state index contributed by atoms with van der Waals surface area (Å²) in [5.74, 6) is 1.37. The summed E-state index contributed by atoms with van der Waals surface area (Å²) in [5, 5.41) is 0. The van der Waals surface area contributed by atoms with Crippen molar-refractivity contribution < 1.29 is 24.2 Å². The van der Waals surface area contributed by atoms with E-state index < -0.39 is 0 Å². The first-order valence-corrected chi connectivity index (χ1v) is 21.2. The third kappa shape index (κ3) is 14.3. The molecule has 0 spiro atoms. The summed E-state index contributed by atoms with van der Waals surface area (Å²) in [6, 6.07) is 53.1. The zero-order chi connectivity index (χ0) is 40.7. The topological polar surface area (TPSA) is 0 Å². The molecular formula is C55H60Cl2Zr-4. The van der Waals surface area contributed by atoms with Crippen LogP contribution in [0.3, 0.4) is 0 Å². The summed E-state index contributed by atoms with van der Waals surface area (Å²) < 4.78 is 3.34. The van der Waals surface area contributed by atoms with Gasteiger partial charge in [0.05, 0.1) is 0 Å². The first-order valence-electron chi connectivity index (χ1n) is 19.5. The van der Waals surface area contributed by atoms with E-state index in [1.54, 1.807) is 0 Å². The monoisotopic (exact) mass is 880 g/mol. The van der Waals surface area contributed by atoms with E-state index in [1.165, 1.54) is 91.4 Å². The Bertz CT molecular complexity index is 2040. The van der Waals surface area contributed by atoms with Crippen LogP contribution in [0.2, 0.25) is 0 Å². The molecule has 2 aliphatic carbocycles. The standard InChI is InChI=1S/C33H33.C9H11.C7H7.C5H5.CH2.2ClH.Zr/c1-32(2,3)30-20-26-24(18-28(30)22-13-9-7-10-14-22)17-25-19-29(23-15-11-8-12-16-23)31(21-27(25)26)33(4,5)6;1-8(2)9-6-4-3-5-7-9;1-7-5-3-2-4-6-7;1-2-4-5-3-1;;;;/h7-16,18,20-21H,17H2,1-6H3;3-7H,1-2H3;2-6H,1H2;1-3H,4H2;1H2;2*1H;/q4*-1;;;;. The molecule has 0 radical (unpaired) electrons. The summed E-state index contributed by atoms with van der Waals surface area (Å²) in [6.07, 6.45) is 10.9. The number of halogens is 2. The molecule has 0 atom stereocenters. The van der Waals surface area contributed by atoms with Gasteiger partial charge in [0.15, 0.2) is 0 Å². The molecule has 2 aliphatic rings. The number of hydrogen-bond donors (Lipinski definition) is 0. The van der Waals surface area contributed by atoms with Gasteiger partial charge in [-0.05, 0) is 39.5 Å². The first kappa shape index (κ1) is 50.0. The van der Waals surface area contributed by atoms with E-state index in [0.717, 1.165) is 18.4 Å². The van der Waals surface area contributed by atoms with Crippen molar-refractivity contribution in [2.45, 2.75) is 79.1 Å². The van der Waals surface area contributed by atoms with E-state index in [4.69, 9.17) is 0 Å². The van der Waals surface area contributed by atoms with Crippen LogP contribution in [0.4, 0.5) is 0 Å². The first-order chi connectivity index (χ1) is 26.8. The zero-order valence-corrected chi connectivity index (χ0v) is 39.7. The van der Waals surface area contributed by atoms with Gasteiger partial charge in [-0.15, -0.1) is 84.3 Å². The van der Waals surface area contributed by atoms with Gasteiger partial charge in [-0.3, -0.25) is 6.08 Å². The van der Waals surface area contributed by atoms with Crippen molar-refractivity contribution in [1.29, 1.82) is 0 Å². The van der Waals surface area contributed by atoms with Crippen LogP contribution in [0.15, 0.2) is 158 Å². The van der Waals surface area contributed by atoms with Crippen molar-refractivity contribution >= 4 is 29.0 Å². The SMILES string of the molecule is CC(C)(C)c1cc2c([c-]c1-c1ccccc1)Cc1cc(-c3ccccc3)c(C(C)(C)C)cc1-2.C[C-](C)c1ccccc1.Cl.Cl.[C-]1=CC=CC1.[CH2-]c1ccccc1.[CH2]=[Zr]. The van der Waals surface area contributed by atoms with Gasteiger partial charge < -0.3 is 0 Å². The molecule has 0 bridgehead atoms. The van der Waals surface area contributed by atoms with Gasteiger partial charge in [-0.25, -0.2) is 12.2 Å². The molecule has 0 fully saturated rings. The fourth-order valence-electron chi connectivity index (χ4n) is 6.69. The molecule has 302 valence electrons. The van der Waals surface area contributed by atoms with Gasteiger partial charge in [0.2, 0.25) is 0 Å². The fourth-order valence-corrected chi connectivity index (χ4v) is 6.69. The Balaban J connectivity index is 0.000000376. The molecule has 3 heteroatoms. The normalized spacial score (nSPS) is 11.4. The third-order valence-corrected chi connectivity index (χ3v) is 9.60. The average molecular weight is 883 g/mol. The Morgan fingerprint density at radius 2 is 1.09 bits per heavy atom. The van der Waals surface area contributed by atoms with Gasteiger partial charge in [0.1, 0.15) is 0 Å². The summed E-state index contributed by atoms with van der Waals surface area (Å²) in [5.41, 5.74) is 15.9. The van der Waals surface area contributed by atoms with Crippen LogP contribution in [0.5, 0.6) is 0 Å². The van der Waals surface area contributed by atoms with E-state index in [-0.39, 0.29) is 35.6 Å². The Morgan fingerprint density at radius 3 is 1.48 bits per heavy atom. The molecule has 0 saturated heterocycles. The molecule has 0 saturated carbocycles. The van der Waals surface area contributed by atoms with Gasteiger partial charge in [0, 0.05) is 0 Å². The maximum absolute atomic E-state index is 3.88.